The fourth-order valence-electron chi connectivity index (χ4n) is 1.83. The van der Waals surface area contributed by atoms with Gasteiger partial charge in [-0.25, -0.2) is 5.10 Å². The molecule has 1 aromatic heterocycles. The molecule has 0 radical (unpaired) electrons. The van der Waals surface area contributed by atoms with E-state index in [1.54, 1.807) is 6.20 Å². The molecule has 1 aromatic rings. The maximum absolute atomic E-state index is 11.2. The normalized spacial score (nSPS) is 14.9. The third kappa shape index (κ3) is 2.72. The molecule has 1 aliphatic carbocycles. The van der Waals surface area contributed by atoms with Gasteiger partial charge in [-0.3, -0.25) is 4.79 Å². The van der Waals surface area contributed by atoms with E-state index in [-0.39, 0.29) is 5.56 Å². The molecule has 2 rings (SSSR count). The number of hydrogen-bond donors (Lipinski definition) is 2. The first-order valence-corrected chi connectivity index (χ1v) is 6.21. The maximum Gasteiger partial charge on any atom is 0.280 e. The molecule has 0 unspecified atom stereocenters. The minimum Gasteiger partial charge on any atom is -0.382 e. The van der Waals surface area contributed by atoms with Crippen molar-refractivity contribution in [3.8, 4) is 0 Å². The Kier molecular flexibility index (Phi) is 3.77. The number of rotatable bonds is 4. The molecule has 1 aliphatic rings. The van der Waals surface area contributed by atoms with Crippen LogP contribution in [0.1, 0.15) is 25.7 Å². The van der Waals surface area contributed by atoms with Gasteiger partial charge in [-0.1, -0.05) is 11.6 Å². The highest BCUT2D eigenvalue weighted by Gasteiger charge is 2.06. The lowest BCUT2D eigenvalue weighted by atomic mass is 10.2. The first-order chi connectivity index (χ1) is 7.77. The van der Waals surface area contributed by atoms with Gasteiger partial charge in [0.25, 0.3) is 5.56 Å². The van der Waals surface area contributed by atoms with E-state index in [4.69, 9.17) is 0 Å². The van der Waals surface area contributed by atoms with Crippen LogP contribution in [0.15, 0.2) is 27.1 Å². The van der Waals surface area contributed by atoms with Crippen molar-refractivity contribution in [1.82, 2.24) is 10.2 Å². The van der Waals surface area contributed by atoms with Gasteiger partial charge in [0.05, 0.1) is 11.9 Å². The summed E-state index contributed by atoms with van der Waals surface area (Å²) in [5.74, 6) is 0. The van der Waals surface area contributed by atoms with Crippen LogP contribution in [0.5, 0.6) is 0 Å². The average molecular weight is 284 g/mol. The van der Waals surface area contributed by atoms with Crippen molar-refractivity contribution in [3.05, 3.63) is 32.7 Å². The van der Waals surface area contributed by atoms with Crippen LogP contribution in [-0.4, -0.2) is 16.7 Å². The van der Waals surface area contributed by atoms with Crippen LogP contribution in [0.2, 0.25) is 0 Å². The molecular formula is C11H14BrN3O. The predicted octanol–water partition coefficient (Wildman–Crippen LogP) is 2.44. The monoisotopic (exact) mass is 283 g/mol. The van der Waals surface area contributed by atoms with Crippen molar-refractivity contribution in [3.63, 3.8) is 0 Å². The molecule has 86 valence electrons. The Bertz CT molecular complexity index is 453. The Morgan fingerprint density at radius 2 is 2.44 bits per heavy atom. The standard InChI is InChI=1S/C11H14BrN3O/c12-10-9(7-14-15-11(10)16)13-6-5-8-3-1-2-4-8/h3,7H,1-2,4-6H2,(H2,13,15,16). The Morgan fingerprint density at radius 1 is 1.56 bits per heavy atom. The molecule has 0 saturated carbocycles. The summed E-state index contributed by atoms with van der Waals surface area (Å²) in [7, 11) is 0. The van der Waals surface area contributed by atoms with Gasteiger partial charge in [-0.2, -0.15) is 5.10 Å². The Morgan fingerprint density at radius 3 is 3.19 bits per heavy atom. The summed E-state index contributed by atoms with van der Waals surface area (Å²) in [5.41, 5.74) is 2.06. The summed E-state index contributed by atoms with van der Waals surface area (Å²) in [6, 6.07) is 0. The van der Waals surface area contributed by atoms with Crippen LogP contribution in [0.25, 0.3) is 0 Å². The second-order valence-electron chi connectivity index (χ2n) is 3.86. The summed E-state index contributed by atoms with van der Waals surface area (Å²) in [5, 5.41) is 9.33. The van der Waals surface area contributed by atoms with Crippen molar-refractivity contribution >= 4 is 21.6 Å². The van der Waals surface area contributed by atoms with E-state index in [0.717, 1.165) is 18.7 Å². The lowest BCUT2D eigenvalue weighted by Crippen LogP contribution is -2.13. The molecule has 0 aromatic carbocycles. The molecule has 0 saturated heterocycles. The minimum absolute atomic E-state index is 0.204. The molecule has 0 aliphatic heterocycles. The van der Waals surface area contributed by atoms with E-state index in [1.165, 1.54) is 24.8 Å². The van der Waals surface area contributed by atoms with Gasteiger partial charge in [0.15, 0.2) is 0 Å². The first-order valence-electron chi connectivity index (χ1n) is 5.42. The van der Waals surface area contributed by atoms with Crippen molar-refractivity contribution < 1.29 is 0 Å². The highest BCUT2D eigenvalue weighted by Crippen LogP contribution is 2.21. The van der Waals surface area contributed by atoms with Gasteiger partial charge in [0, 0.05) is 6.54 Å². The summed E-state index contributed by atoms with van der Waals surface area (Å²) in [6.45, 7) is 0.843. The number of aromatic amines is 1. The van der Waals surface area contributed by atoms with Gasteiger partial charge < -0.3 is 5.32 Å². The molecule has 4 nitrogen and oxygen atoms in total. The lowest BCUT2D eigenvalue weighted by molar-refractivity contribution is 0.861. The number of allylic oxidation sites excluding steroid dienone is 1. The van der Waals surface area contributed by atoms with Crippen molar-refractivity contribution in [1.29, 1.82) is 0 Å². The molecule has 0 bridgehead atoms. The van der Waals surface area contributed by atoms with E-state index < -0.39 is 0 Å². The van der Waals surface area contributed by atoms with Crippen molar-refractivity contribution in [2.24, 2.45) is 0 Å². The third-order valence-corrected chi connectivity index (χ3v) is 3.48. The molecule has 5 heteroatoms. The topological polar surface area (TPSA) is 57.8 Å². The zero-order valence-electron chi connectivity index (χ0n) is 8.92. The number of nitrogens with one attached hydrogen (secondary N) is 2. The van der Waals surface area contributed by atoms with E-state index in [9.17, 15) is 4.79 Å². The highest BCUT2D eigenvalue weighted by molar-refractivity contribution is 9.10. The van der Waals surface area contributed by atoms with Crippen LogP contribution in [0.3, 0.4) is 0 Å². The quantitative estimate of drug-likeness (QED) is 0.835. The number of halogens is 1. The Hall–Kier alpha value is -1.10. The zero-order valence-corrected chi connectivity index (χ0v) is 10.5. The predicted molar refractivity (Wildman–Crippen MR) is 67.6 cm³/mol. The third-order valence-electron chi connectivity index (χ3n) is 2.69. The van der Waals surface area contributed by atoms with Crippen LogP contribution < -0.4 is 10.9 Å². The van der Waals surface area contributed by atoms with Crippen molar-refractivity contribution in [2.75, 3.05) is 11.9 Å². The largest absolute Gasteiger partial charge is 0.382 e. The van der Waals surface area contributed by atoms with Crippen LogP contribution in [0, 0.1) is 0 Å². The molecule has 0 atom stereocenters. The SMILES string of the molecule is O=c1[nH]ncc(NCCC2=CCCC2)c1Br. The molecule has 0 amide bonds. The highest BCUT2D eigenvalue weighted by atomic mass is 79.9. The molecule has 1 heterocycles. The van der Waals surface area contributed by atoms with Gasteiger partial charge in [-0.05, 0) is 41.6 Å². The van der Waals surface area contributed by atoms with E-state index in [0.29, 0.717) is 4.47 Å². The van der Waals surface area contributed by atoms with Crippen molar-refractivity contribution in [2.45, 2.75) is 25.7 Å². The molecule has 2 N–H and O–H groups in total. The minimum atomic E-state index is -0.204. The number of hydrogen-bond acceptors (Lipinski definition) is 3. The lowest BCUT2D eigenvalue weighted by Gasteiger charge is -2.07. The average Bonchev–Trinajstić information content (AvgIpc) is 2.77. The number of anilines is 1. The van der Waals surface area contributed by atoms with Crippen LogP contribution >= 0.6 is 15.9 Å². The Balaban J connectivity index is 1.89. The number of H-pyrrole nitrogens is 1. The summed E-state index contributed by atoms with van der Waals surface area (Å²) in [4.78, 5) is 11.2. The van der Waals surface area contributed by atoms with E-state index in [2.05, 4.69) is 37.5 Å². The second kappa shape index (κ2) is 5.30. The van der Waals surface area contributed by atoms with Crippen LogP contribution in [-0.2, 0) is 0 Å². The molecular weight excluding hydrogens is 270 g/mol. The van der Waals surface area contributed by atoms with Crippen LogP contribution in [0.4, 0.5) is 5.69 Å². The van der Waals surface area contributed by atoms with Gasteiger partial charge in [0.1, 0.15) is 4.47 Å². The smallest absolute Gasteiger partial charge is 0.280 e. The summed E-state index contributed by atoms with van der Waals surface area (Å²) < 4.78 is 0.517. The molecule has 0 fully saturated rings. The number of nitrogens with zero attached hydrogens (tertiary/aromatic N) is 1. The maximum atomic E-state index is 11.2. The Labute approximate surface area is 102 Å². The zero-order chi connectivity index (χ0) is 11.4. The van der Waals surface area contributed by atoms with E-state index >= 15 is 0 Å². The van der Waals surface area contributed by atoms with Gasteiger partial charge >= 0.3 is 0 Å². The van der Waals surface area contributed by atoms with Gasteiger partial charge in [-0.15, -0.1) is 0 Å². The van der Waals surface area contributed by atoms with E-state index in [1.807, 2.05) is 0 Å². The fourth-order valence-corrected chi connectivity index (χ4v) is 2.16. The fraction of sp³-hybridized carbons (Fsp3) is 0.455. The number of aromatic nitrogens is 2. The summed E-state index contributed by atoms with van der Waals surface area (Å²) >= 11 is 3.23. The summed E-state index contributed by atoms with van der Waals surface area (Å²) in [6.07, 6.45) is 8.69. The molecule has 0 spiro atoms. The van der Waals surface area contributed by atoms with Gasteiger partial charge in [0.2, 0.25) is 0 Å². The molecule has 16 heavy (non-hydrogen) atoms. The second-order valence-corrected chi connectivity index (χ2v) is 4.65. The first kappa shape index (κ1) is 11.4.